The van der Waals surface area contributed by atoms with Crippen molar-refractivity contribution in [3.8, 4) is 11.4 Å². The Labute approximate surface area is 206 Å². The van der Waals surface area contributed by atoms with Crippen LogP contribution in [0.5, 0.6) is 0 Å². The summed E-state index contributed by atoms with van der Waals surface area (Å²) >= 11 is 1.39. The normalized spacial score (nSPS) is 11.8. The molecule has 36 heavy (non-hydrogen) atoms. The fraction of sp³-hybridized carbons (Fsp3) is 0.0400. The van der Waals surface area contributed by atoms with Gasteiger partial charge in [-0.1, -0.05) is 53.8 Å². The van der Waals surface area contributed by atoms with Gasteiger partial charge in [0.15, 0.2) is 16.5 Å². The second kappa shape index (κ2) is 9.04. The van der Waals surface area contributed by atoms with Crippen molar-refractivity contribution >= 4 is 44.3 Å². The predicted octanol–water partition coefficient (Wildman–Crippen LogP) is 3.90. The maximum absolute atomic E-state index is 13.3. The van der Waals surface area contributed by atoms with Crippen LogP contribution in [-0.2, 0) is 16.1 Å². The average molecular weight is 497 g/mol. The zero-order chi connectivity index (χ0) is 24.5. The number of rotatable bonds is 6. The lowest BCUT2D eigenvalue weighted by atomic mass is 10.2. The lowest BCUT2D eigenvalue weighted by Crippen LogP contribution is -2.17. The number of hydrogen-bond donors (Lipinski definition) is 0. The molecule has 4 aromatic heterocycles. The molecule has 0 saturated carbocycles. The molecule has 6 rings (SSSR count). The van der Waals surface area contributed by atoms with Gasteiger partial charge in [0.2, 0.25) is 0 Å². The van der Waals surface area contributed by atoms with E-state index in [-0.39, 0.29) is 17.9 Å². The van der Waals surface area contributed by atoms with E-state index in [9.17, 15) is 9.59 Å². The third kappa shape index (κ3) is 3.97. The number of tetrazole rings is 1. The monoisotopic (exact) mass is 496 g/mol. The van der Waals surface area contributed by atoms with Gasteiger partial charge < -0.3 is 9.15 Å². The number of para-hydroxylation sites is 1. The Morgan fingerprint density at radius 1 is 1.06 bits per heavy atom. The van der Waals surface area contributed by atoms with E-state index in [1.54, 1.807) is 16.5 Å². The van der Waals surface area contributed by atoms with E-state index in [1.165, 1.54) is 34.4 Å². The minimum atomic E-state index is -0.714. The summed E-state index contributed by atoms with van der Waals surface area (Å²) in [6.07, 6.45) is 2.98. The number of hydrogen-bond acceptors (Lipinski definition) is 9. The van der Waals surface area contributed by atoms with Crippen LogP contribution >= 0.6 is 11.3 Å². The molecule has 4 heterocycles. The topological polar surface area (TPSA) is 117 Å². The number of esters is 1. The summed E-state index contributed by atoms with van der Waals surface area (Å²) in [5.74, 6) is 0.0576. The summed E-state index contributed by atoms with van der Waals surface area (Å²) in [6, 6.07) is 21.5. The van der Waals surface area contributed by atoms with Crippen LogP contribution in [0, 0.1) is 0 Å². The molecule has 11 heteroatoms. The van der Waals surface area contributed by atoms with Crippen molar-refractivity contribution in [2.45, 2.75) is 6.61 Å². The Kier molecular flexibility index (Phi) is 5.43. The molecule has 6 aromatic rings. The highest BCUT2D eigenvalue weighted by atomic mass is 32.1. The molecule has 0 unspecified atom stereocenters. The molecular formula is C25H16N6O4S. The van der Waals surface area contributed by atoms with Gasteiger partial charge in [-0.15, -0.1) is 5.10 Å². The van der Waals surface area contributed by atoms with Crippen LogP contribution in [0.4, 0.5) is 0 Å². The van der Waals surface area contributed by atoms with Crippen molar-refractivity contribution in [1.82, 2.24) is 29.6 Å². The van der Waals surface area contributed by atoms with Gasteiger partial charge in [0.1, 0.15) is 12.4 Å². The highest BCUT2D eigenvalue weighted by Gasteiger charge is 2.22. The van der Waals surface area contributed by atoms with Gasteiger partial charge in [0.05, 0.1) is 22.2 Å². The van der Waals surface area contributed by atoms with E-state index >= 15 is 0 Å². The number of furan rings is 1. The first-order valence-electron chi connectivity index (χ1n) is 10.8. The quantitative estimate of drug-likeness (QED) is 0.252. The standard InChI is InChI=1S/C25H16N6O4S/c32-22-13-17(26-25-30(22)19-10-4-5-11-21(19)36-25)15-35-24(33)20(14-18-9-6-12-34-18)31-23(27-28-29-31)16-7-2-1-3-8-16/h1-14H,15H2/b20-14+. The summed E-state index contributed by atoms with van der Waals surface area (Å²) in [4.78, 5) is 31.1. The summed E-state index contributed by atoms with van der Waals surface area (Å²) in [7, 11) is 0. The van der Waals surface area contributed by atoms with Gasteiger partial charge in [0.25, 0.3) is 5.56 Å². The summed E-state index contributed by atoms with van der Waals surface area (Å²) in [6.45, 7) is -0.211. The smallest absolute Gasteiger partial charge is 0.357 e. The fourth-order valence-electron chi connectivity index (χ4n) is 3.74. The van der Waals surface area contributed by atoms with Crippen molar-refractivity contribution in [3.63, 3.8) is 0 Å². The Balaban J connectivity index is 1.33. The van der Waals surface area contributed by atoms with Crippen LogP contribution in [-0.4, -0.2) is 35.6 Å². The number of aromatic nitrogens is 6. The minimum absolute atomic E-state index is 0.0356. The molecule has 10 nitrogen and oxygen atoms in total. The molecule has 0 aliphatic heterocycles. The molecule has 0 saturated heterocycles. The number of nitrogens with zero attached hydrogens (tertiary/aromatic N) is 6. The first-order valence-corrected chi connectivity index (χ1v) is 11.7. The molecule has 0 atom stereocenters. The van der Waals surface area contributed by atoms with Gasteiger partial charge in [-0.2, -0.15) is 4.68 Å². The number of fused-ring (bicyclic) bond motifs is 3. The van der Waals surface area contributed by atoms with E-state index in [0.29, 0.717) is 27.8 Å². The molecule has 0 fully saturated rings. The third-order valence-electron chi connectivity index (χ3n) is 5.36. The average Bonchev–Trinajstić information content (AvgIpc) is 3.66. The molecule has 0 amide bonds. The molecule has 0 aliphatic carbocycles. The maximum atomic E-state index is 13.3. The molecular weight excluding hydrogens is 480 g/mol. The predicted molar refractivity (Wildman–Crippen MR) is 133 cm³/mol. The SMILES string of the molecule is O=C(OCc1cc(=O)n2c(n1)sc1ccccc12)/C(=C\c1ccco1)n1nnnc1-c1ccccc1. The number of ether oxygens (including phenoxy) is 1. The number of benzene rings is 2. The lowest BCUT2D eigenvalue weighted by Gasteiger charge is -2.10. The Morgan fingerprint density at radius 3 is 2.72 bits per heavy atom. The van der Waals surface area contributed by atoms with Crippen molar-refractivity contribution in [3.05, 3.63) is 101 Å². The number of carbonyl (C=O) groups excluding carboxylic acids is 1. The first-order chi connectivity index (χ1) is 17.7. The van der Waals surface area contributed by atoms with E-state index in [4.69, 9.17) is 9.15 Å². The van der Waals surface area contributed by atoms with Crippen molar-refractivity contribution in [2.24, 2.45) is 0 Å². The van der Waals surface area contributed by atoms with Crippen LogP contribution in [0.25, 0.3) is 38.3 Å². The summed E-state index contributed by atoms with van der Waals surface area (Å²) in [5.41, 5.74) is 1.62. The number of carbonyl (C=O) groups is 1. The zero-order valence-electron chi connectivity index (χ0n) is 18.5. The molecule has 176 valence electrons. The highest BCUT2D eigenvalue weighted by Crippen LogP contribution is 2.24. The summed E-state index contributed by atoms with van der Waals surface area (Å²) in [5, 5.41) is 11.8. The molecule has 0 aliphatic rings. The molecule has 0 radical (unpaired) electrons. The van der Waals surface area contributed by atoms with Gasteiger partial charge in [-0.3, -0.25) is 9.20 Å². The van der Waals surface area contributed by atoms with Crippen LogP contribution < -0.4 is 5.56 Å². The molecule has 0 N–H and O–H groups in total. The van der Waals surface area contributed by atoms with E-state index in [0.717, 1.165) is 10.2 Å². The third-order valence-corrected chi connectivity index (χ3v) is 6.38. The fourth-order valence-corrected chi connectivity index (χ4v) is 4.79. The van der Waals surface area contributed by atoms with Gasteiger partial charge in [0, 0.05) is 17.7 Å². The van der Waals surface area contributed by atoms with Gasteiger partial charge in [-0.05, 0) is 34.7 Å². The number of thiazole rings is 1. The van der Waals surface area contributed by atoms with Crippen LogP contribution in [0.1, 0.15) is 11.5 Å². The lowest BCUT2D eigenvalue weighted by molar-refractivity contribution is -0.138. The highest BCUT2D eigenvalue weighted by molar-refractivity contribution is 7.23. The van der Waals surface area contributed by atoms with Crippen LogP contribution in [0.3, 0.4) is 0 Å². The first kappa shape index (κ1) is 21.6. The van der Waals surface area contributed by atoms with E-state index < -0.39 is 5.97 Å². The molecule has 0 spiro atoms. The van der Waals surface area contributed by atoms with Crippen LogP contribution in [0.2, 0.25) is 0 Å². The van der Waals surface area contributed by atoms with Crippen molar-refractivity contribution < 1.29 is 13.9 Å². The van der Waals surface area contributed by atoms with Gasteiger partial charge in [-0.25, -0.2) is 9.78 Å². The van der Waals surface area contributed by atoms with E-state index in [2.05, 4.69) is 20.5 Å². The largest absolute Gasteiger partial charge is 0.465 e. The molecule has 2 aromatic carbocycles. The van der Waals surface area contributed by atoms with Gasteiger partial charge >= 0.3 is 5.97 Å². The van der Waals surface area contributed by atoms with Crippen molar-refractivity contribution in [1.29, 1.82) is 0 Å². The second-order valence-electron chi connectivity index (χ2n) is 7.67. The maximum Gasteiger partial charge on any atom is 0.357 e. The molecule has 0 bridgehead atoms. The zero-order valence-corrected chi connectivity index (χ0v) is 19.3. The van der Waals surface area contributed by atoms with Crippen molar-refractivity contribution in [2.75, 3.05) is 0 Å². The van der Waals surface area contributed by atoms with Crippen LogP contribution in [0.15, 0.2) is 88.3 Å². The second-order valence-corrected chi connectivity index (χ2v) is 8.68. The Hall–Kier alpha value is -4.90. The Morgan fingerprint density at radius 2 is 1.89 bits per heavy atom. The Bertz CT molecular complexity index is 1780. The van der Waals surface area contributed by atoms with E-state index in [1.807, 2.05) is 54.6 Å². The minimum Gasteiger partial charge on any atom is -0.465 e. The summed E-state index contributed by atoms with van der Waals surface area (Å²) < 4.78 is 14.7.